The summed E-state index contributed by atoms with van der Waals surface area (Å²) in [4.78, 5) is 0. The summed E-state index contributed by atoms with van der Waals surface area (Å²) in [6.07, 6.45) is 0. The van der Waals surface area contributed by atoms with E-state index in [9.17, 15) is 8.78 Å². The minimum absolute atomic E-state index is 0.0780. The van der Waals surface area contributed by atoms with Gasteiger partial charge < -0.3 is 15.4 Å². The zero-order valence-electron chi connectivity index (χ0n) is 11.2. The molecule has 0 spiro atoms. The van der Waals surface area contributed by atoms with Crippen LogP contribution in [0, 0.1) is 11.6 Å². The number of rotatable bonds is 6. The molecule has 0 atom stereocenters. The molecule has 18 heavy (non-hydrogen) atoms. The lowest BCUT2D eigenvalue weighted by molar-refractivity contribution is 0.365. The first-order valence-electron chi connectivity index (χ1n) is 5.81. The molecule has 0 amide bonds. The Balaban J connectivity index is 2.77. The van der Waals surface area contributed by atoms with Crippen molar-refractivity contribution in [2.45, 2.75) is 25.9 Å². The highest BCUT2D eigenvalue weighted by atomic mass is 19.1. The van der Waals surface area contributed by atoms with Gasteiger partial charge in [0, 0.05) is 30.3 Å². The van der Waals surface area contributed by atoms with Gasteiger partial charge in [-0.1, -0.05) is 0 Å². The van der Waals surface area contributed by atoms with Gasteiger partial charge in [0.1, 0.15) is 5.82 Å². The molecule has 0 saturated heterocycles. The Bertz CT molecular complexity index is 408. The Morgan fingerprint density at radius 1 is 1.22 bits per heavy atom. The van der Waals surface area contributed by atoms with E-state index in [4.69, 9.17) is 4.74 Å². The standard InChI is InChI=1S/C13H20F2N2O/c1-13(2,8-16-3)17-7-9-5-11(15)12(18-4)6-10(9)14/h5-6,16-17H,7-8H2,1-4H3. The summed E-state index contributed by atoms with van der Waals surface area (Å²) >= 11 is 0. The molecule has 1 aromatic rings. The van der Waals surface area contributed by atoms with Crippen LogP contribution in [0.15, 0.2) is 12.1 Å². The second-order valence-electron chi connectivity index (χ2n) is 4.85. The number of nitrogens with one attached hydrogen (secondary N) is 2. The Morgan fingerprint density at radius 3 is 2.44 bits per heavy atom. The molecular weight excluding hydrogens is 238 g/mol. The van der Waals surface area contributed by atoms with Crippen molar-refractivity contribution in [2.24, 2.45) is 0 Å². The van der Waals surface area contributed by atoms with Crippen LogP contribution in [0.5, 0.6) is 5.75 Å². The van der Waals surface area contributed by atoms with Gasteiger partial charge in [-0.15, -0.1) is 0 Å². The van der Waals surface area contributed by atoms with Gasteiger partial charge in [0.15, 0.2) is 11.6 Å². The Morgan fingerprint density at radius 2 is 1.89 bits per heavy atom. The Kier molecular flexibility index (Phi) is 5.04. The first-order valence-corrected chi connectivity index (χ1v) is 5.81. The van der Waals surface area contributed by atoms with Crippen LogP contribution in [0.25, 0.3) is 0 Å². The molecule has 0 bridgehead atoms. The summed E-state index contributed by atoms with van der Waals surface area (Å²) < 4.78 is 31.9. The molecule has 102 valence electrons. The fourth-order valence-corrected chi connectivity index (χ4v) is 1.70. The molecule has 0 aliphatic heterocycles. The van der Waals surface area contributed by atoms with Crippen molar-refractivity contribution in [3.05, 3.63) is 29.3 Å². The Labute approximate surface area is 107 Å². The van der Waals surface area contributed by atoms with E-state index in [0.717, 1.165) is 18.7 Å². The van der Waals surface area contributed by atoms with Crippen LogP contribution in [0.1, 0.15) is 19.4 Å². The van der Waals surface area contributed by atoms with Crippen LogP contribution in [0.3, 0.4) is 0 Å². The number of methoxy groups -OCH3 is 1. The first-order chi connectivity index (χ1) is 8.39. The molecule has 0 aliphatic carbocycles. The molecular formula is C13H20F2N2O. The predicted octanol–water partition coefficient (Wildman–Crippen LogP) is 2.06. The fourth-order valence-electron chi connectivity index (χ4n) is 1.70. The maximum atomic E-state index is 13.7. The van der Waals surface area contributed by atoms with E-state index in [1.54, 1.807) is 0 Å². The largest absolute Gasteiger partial charge is 0.494 e. The summed E-state index contributed by atoms with van der Waals surface area (Å²) in [6, 6.07) is 2.23. The van der Waals surface area contributed by atoms with Gasteiger partial charge in [0.05, 0.1) is 7.11 Å². The van der Waals surface area contributed by atoms with Crippen molar-refractivity contribution >= 4 is 0 Å². The normalized spacial score (nSPS) is 11.7. The maximum absolute atomic E-state index is 13.7. The number of benzene rings is 1. The summed E-state index contributed by atoms with van der Waals surface area (Å²) in [5.41, 5.74) is 0.0925. The van der Waals surface area contributed by atoms with Gasteiger partial charge in [0.25, 0.3) is 0 Å². The Hall–Kier alpha value is -1.20. The summed E-state index contributed by atoms with van der Waals surface area (Å²) in [7, 11) is 3.16. The van der Waals surface area contributed by atoms with E-state index < -0.39 is 11.6 Å². The first kappa shape index (κ1) is 14.9. The van der Waals surface area contributed by atoms with Crippen molar-refractivity contribution in [3.8, 4) is 5.75 Å². The average molecular weight is 258 g/mol. The van der Waals surface area contributed by atoms with Crippen molar-refractivity contribution in [1.82, 2.24) is 10.6 Å². The van der Waals surface area contributed by atoms with Crippen molar-refractivity contribution in [3.63, 3.8) is 0 Å². The second kappa shape index (κ2) is 6.11. The van der Waals surface area contributed by atoms with Crippen LogP contribution < -0.4 is 15.4 Å². The summed E-state index contributed by atoms with van der Waals surface area (Å²) in [5.74, 6) is -1.10. The van der Waals surface area contributed by atoms with Gasteiger partial charge >= 0.3 is 0 Å². The van der Waals surface area contributed by atoms with Gasteiger partial charge in [-0.2, -0.15) is 0 Å². The maximum Gasteiger partial charge on any atom is 0.165 e. The molecule has 0 unspecified atom stereocenters. The lowest BCUT2D eigenvalue weighted by Crippen LogP contribution is -2.46. The number of hydrogen-bond acceptors (Lipinski definition) is 3. The fraction of sp³-hybridized carbons (Fsp3) is 0.538. The number of likely N-dealkylation sites (N-methyl/N-ethyl adjacent to an activating group) is 1. The van der Waals surface area contributed by atoms with E-state index >= 15 is 0 Å². The van der Waals surface area contributed by atoms with E-state index in [1.807, 2.05) is 20.9 Å². The smallest absolute Gasteiger partial charge is 0.165 e. The van der Waals surface area contributed by atoms with E-state index in [2.05, 4.69) is 10.6 Å². The molecule has 5 heteroatoms. The molecule has 0 aliphatic rings. The van der Waals surface area contributed by atoms with Crippen LogP contribution in [-0.2, 0) is 6.54 Å². The van der Waals surface area contributed by atoms with Crippen molar-refractivity contribution < 1.29 is 13.5 Å². The minimum atomic E-state index is -0.554. The molecule has 0 fully saturated rings. The van der Waals surface area contributed by atoms with E-state index in [-0.39, 0.29) is 23.4 Å². The number of hydrogen-bond donors (Lipinski definition) is 2. The van der Waals surface area contributed by atoms with Crippen LogP contribution in [0.4, 0.5) is 8.78 Å². The van der Waals surface area contributed by atoms with E-state index in [0.29, 0.717) is 0 Å². The van der Waals surface area contributed by atoms with Crippen molar-refractivity contribution in [2.75, 3.05) is 20.7 Å². The molecule has 0 heterocycles. The molecule has 0 saturated carbocycles. The van der Waals surface area contributed by atoms with Crippen LogP contribution >= 0.6 is 0 Å². The number of ether oxygens (including phenoxy) is 1. The lowest BCUT2D eigenvalue weighted by Gasteiger charge is -2.26. The van der Waals surface area contributed by atoms with Gasteiger partial charge in [0.2, 0.25) is 0 Å². The quantitative estimate of drug-likeness (QED) is 0.819. The third-order valence-electron chi connectivity index (χ3n) is 2.70. The average Bonchev–Trinajstić information content (AvgIpc) is 2.29. The van der Waals surface area contributed by atoms with E-state index in [1.165, 1.54) is 7.11 Å². The summed E-state index contributed by atoms with van der Waals surface area (Å²) in [5, 5.41) is 6.21. The molecule has 1 rings (SSSR count). The topological polar surface area (TPSA) is 33.3 Å². The molecule has 0 aromatic heterocycles. The highest BCUT2D eigenvalue weighted by Crippen LogP contribution is 2.21. The van der Waals surface area contributed by atoms with Crippen LogP contribution in [0.2, 0.25) is 0 Å². The minimum Gasteiger partial charge on any atom is -0.494 e. The third kappa shape index (κ3) is 3.92. The lowest BCUT2D eigenvalue weighted by atomic mass is 10.0. The van der Waals surface area contributed by atoms with Gasteiger partial charge in [-0.3, -0.25) is 0 Å². The van der Waals surface area contributed by atoms with Gasteiger partial charge in [-0.05, 0) is 27.0 Å². The number of halogens is 2. The van der Waals surface area contributed by atoms with Gasteiger partial charge in [-0.25, -0.2) is 8.78 Å². The summed E-state index contributed by atoms with van der Waals surface area (Å²) in [6.45, 7) is 4.97. The molecule has 0 radical (unpaired) electrons. The molecule has 2 N–H and O–H groups in total. The molecule has 1 aromatic carbocycles. The van der Waals surface area contributed by atoms with Crippen LogP contribution in [-0.4, -0.2) is 26.2 Å². The monoisotopic (exact) mass is 258 g/mol. The molecule has 3 nitrogen and oxygen atoms in total. The zero-order valence-corrected chi connectivity index (χ0v) is 11.2. The second-order valence-corrected chi connectivity index (χ2v) is 4.85. The third-order valence-corrected chi connectivity index (χ3v) is 2.70. The SMILES string of the molecule is CNCC(C)(C)NCc1cc(F)c(OC)cc1F. The highest BCUT2D eigenvalue weighted by molar-refractivity contribution is 5.30. The zero-order chi connectivity index (χ0) is 13.8. The van der Waals surface area contributed by atoms with Crippen molar-refractivity contribution in [1.29, 1.82) is 0 Å². The predicted molar refractivity (Wildman–Crippen MR) is 67.8 cm³/mol. The highest BCUT2D eigenvalue weighted by Gasteiger charge is 2.17.